The van der Waals surface area contributed by atoms with Gasteiger partial charge in [0.1, 0.15) is 5.75 Å². The lowest BCUT2D eigenvalue weighted by Gasteiger charge is -2.23. The van der Waals surface area contributed by atoms with E-state index < -0.39 is 41.2 Å². The number of pyridine rings is 1. The minimum absolute atomic E-state index is 0.0204. The van der Waals surface area contributed by atoms with E-state index in [2.05, 4.69) is 15.6 Å². The average molecular weight is 469 g/mol. The Labute approximate surface area is 184 Å². The van der Waals surface area contributed by atoms with Crippen LogP contribution in [0, 0.1) is 0 Å². The molecule has 0 aliphatic rings. The molecule has 3 aromatic rings. The molecule has 0 spiro atoms. The van der Waals surface area contributed by atoms with Crippen molar-refractivity contribution in [3.05, 3.63) is 89.2 Å². The molecule has 0 radical (unpaired) electrons. The number of hydrogen-bond donors (Lipinski definition) is 2. The maximum absolute atomic E-state index is 13.6. The van der Waals surface area contributed by atoms with Crippen LogP contribution in [0.5, 0.6) is 5.75 Å². The van der Waals surface area contributed by atoms with Crippen LogP contribution < -0.4 is 15.4 Å². The Kier molecular flexibility index (Phi) is 6.80. The molecule has 2 amide bonds. The molecule has 0 aliphatic heterocycles. The zero-order valence-corrected chi connectivity index (χ0v) is 17.0. The van der Waals surface area contributed by atoms with Crippen LogP contribution in [0.25, 0.3) is 0 Å². The maximum Gasteiger partial charge on any atom is 0.418 e. The fourth-order valence-electron chi connectivity index (χ4n) is 3.06. The number of benzene rings is 2. The van der Waals surface area contributed by atoms with Crippen molar-refractivity contribution in [2.75, 3.05) is 12.4 Å². The molecule has 5 nitrogen and oxygen atoms in total. The number of aromatic nitrogens is 1. The van der Waals surface area contributed by atoms with Crippen molar-refractivity contribution in [1.29, 1.82) is 0 Å². The van der Waals surface area contributed by atoms with Gasteiger partial charge in [0.15, 0.2) is 0 Å². The van der Waals surface area contributed by atoms with Gasteiger partial charge in [-0.25, -0.2) is 4.79 Å². The molecule has 1 heterocycles. The van der Waals surface area contributed by atoms with Crippen molar-refractivity contribution in [2.45, 2.75) is 18.4 Å². The molecule has 0 bridgehead atoms. The largest absolute Gasteiger partial charge is 0.497 e. The number of carbonyl (C=O) groups excluding carboxylic acids is 1. The second kappa shape index (κ2) is 9.39. The summed E-state index contributed by atoms with van der Waals surface area (Å²) in [5, 5.41) is 4.83. The van der Waals surface area contributed by atoms with Crippen LogP contribution in [0.1, 0.15) is 28.4 Å². The maximum atomic E-state index is 13.6. The quantitative estimate of drug-likeness (QED) is 0.448. The Morgan fingerprint density at radius 2 is 1.64 bits per heavy atom. The Hall–Kier alpha value is -3.76. The number of nitrogens with zero attached hydrogens (tertiary/aromatic N) is 1. The Bertz CT molecular complexity index is 1110. The topological polar surface area (TPSA) is 63.2 Å². The second-order valence-corrected chi connectivity index (χ2v) is 6.82. The number of alkyl halides is 6. The van der Waals surface area contributed by atoms with E-state index in [9.17, 15) is 31.1 Å². The van der Waals surface area contributed by atoms with E-state index in [4.69, 9.17) is 4.74 Å². The Balaban J connectivity index is 1.98. The van der Waals surface area contributed by atoms with Gasteiger partial charge in [0, 0.05) is 18.0 Å². The highest BCUT2D eigenvalue weighted by Crippen LogP contribution is 2.36. The van der Waals surface area contributed by atoms with Crippen LogP contribution in [-0.2, 0) is 12.4 Å². The lowest BCUT2D eigenvalue weighted by Crippen LogP contribution is -2.35. The third-order valence-electron chi connectivity index (χ3n) is 4.59. The van der Waals surface area contributed by atoms with Crippen molar-refractivity contribution in [3.63, 3.8) is 0 Å². The number of rotatable bonds is 5. The first-order valence-corrected chi connectivity index (χ1v) is 9.40. The van der Waals surface area contributed by atoms with Crippen LogP contribution >= 0.6 is 0 Å². The van der Waals surface area contributed by atoms with E-state index in [1.165, 1.54) is 19.2 Å². The van der Waals surface area contributed by atoms with E-state index in [1.807, 2.05) is 0 Å². The highest BCUT2D eigenvalue weighted by atomic mass is 19.4. The average Bonchev–Trinajstić information content (AvgIpc) is 2.76. The predicted octanol–water partition coefficient (Wildman–Crippen LogP) is 6.04. The molecule has 2 N–H and O–H groups in total. The third kappa shape index (κ3) is 5.93. The zero-order chi connectivity index (χ0) is 24.2. The summed E-state index contributed by atoms with van der Waals surface area (Å²) in [5.41, 5.74) is -2.41. The SMILES string of the molecule is COc1cccc(NC(=O)N[C@@H](c2ccc(C(F)(F)F)cc2)c2ncccc2C(F)(F)F)c1. The summed E-state index contributed by atoms with van der Waals surface area (Å²) in [6.07, 6.45) is -8.34. The van der Waals surface area contributed by atoms with Crippen LogP contribution in [-0.4, -0.2) is 18.1 Å². The summed E-state index contributed by atoms with van der Waals surface area (Å²) in [6.45, 7) is 0. The minimum Gasteiger partial charge on any atom is -0.497 e. The molecule has 33 heavy (non-hydrogen) atoms. The van der Waals surface area contributed by atoms with Gasteiger partial charge in [0.05, 0.1) is 30.0 Å². The zero-order valence-electron chi connectivity index (χ0n) is 17.0. The standard InChI is InChI=1S/C22H17F6N3O2/c1-33-16-5-2-4-15(12-16)30-20(32)31-18(13-7-9-14(10-8-13)21(23,24)25)19-17(22(26,27)28)6-3-11-29-19/h2-12,18H,1H3,(H2,30,31,32)/t18-/m0/s1. The first-order chi connectivity index (χ1) is 15.5. The number of halogens is 6. The fourth-order valence-corrected chi connectivity index (χ4v) is 3.06. The van der Waals surface area contributed by atoms with Gasteiger partial charge >= 0.3 is 18.4 Å². The number of anilines is 1. The van der Waals surface area contributed by atoms with Gasteiger partial charge in [-0.3, -0.25) is 4.98 Å². The van der Waals surface area contributed by atoms with Crippen molar-refractivity contribution < 1.29 is 35.9 Å². The molecular formula is C22H17F6N3O2. The first kappa shape index (κ1) is 23.9. The molecule has 0 unspecified atom stereocenters. The van der Waals surface area contributed by atoms with Crippen LogP contribution in [0.3, 0.4) is 0 Å². The summed E-state index contributed by atoms with van der Waals surface area (Å²) in [5.74, 6) is 0.427. The second-order valence-electron chi connectivity index (χ2n) is 6.82. The number of urea groups is 1. The number of amides is 2. The van der Waals surface area contributed by atoms with Gasteiger partial charge in [-0.2, -0.15) is 26.3 Å². The number of carbonyl (C=O) groups is 1. The molecule has 1 atom stereocenters. The van der Waals surface area contributed by atoms with Crippen molar-refractivity contribution in [2.24, 2.45) is 0 Å². The van der Waals surface area contributed by atoms with Crippen molar-refractivity contribution in [1.82, 2.24) is 10.3 Å². The first-order valence-electron chi connectivity index (χ1n) is 9.40. The van der Waals surface area contributed by atoms with E-state index >= 15 is 0 Å². The van der Waals surface area contributed by atoms with Gasteiger partial charge in [-0.05, 0) is 42.0 Å². The van der Waals surface area contributed by atoms with Gasteiger partial charge in [-0.15, -0.1) is 0 Å². The molecule has 0 saturated carbocycles. The number of hydrogen-bond acceptors (Lipinski definition) is 3. The predicted molar refractivity (Wildman–Crippen MR) is 108 cm³/mol. The summed E-state index contributed by atoms with van der Waals surface area (Å²) < 4.78 is 84.6. The summed E-state index contributed by atoms with van der Waals surface area (Å²) >= 11 is 0. The fraction of sp³-hybridized carbons (Fsp3) is 0.182. The highest BCUT2D eigenvalue weighted by Gasteiger charge is 2.37. The molecule has 1 aromatic heterocycles. The molecule has 11 heteroatoms. The third-order valence-corrected chi connectivity index (χ3v) is 4.59. The Morgan fingerprint density at radius 3 is 2.24 bits per heavy atom. The normalized spacial score (nSPS) is 12.7. The van der Waals surface area contributed by atoms with E-state index in [1.54, 1.807) is 12.1 Å². The van der Waals surface area contributed by atoms with Crippen LogP contribution in [0.15, 0.2) is 66.9 Å². The van der Waals surface area contributed by atoms with Crippen LogP contribution in [0.4, 0.5) is 36.8 Å². The van der Waals surface area contributed by atoms with Crippen molar-refractivity contribution in [3.8, 4) is 5.75 Å². The van der Waals surface area contributed by atoms with E-state index in [-0.39, 0.29) is 11.3 Å². The molecule has 0 fully saturated rings. The minimum atomic E-state index is -4.81. The van der Waals surface area contributed by atoms with E-state index in [0.717, 1.165) is 42.6 Å². The van der Waals surface area contributed by atoms with Gasteiger partial charge in [0.25, 0.3) is 0 Å². The van der Waals surface area contributed by atoms with Gasteiger partial charge in [-0.1, -0.05) is 18.2 Å². The monoisotopic (exact) mass is 469 g/mol. The Morgan fingerprint density at radius 1 is 0.939 bits per heavy atom. The number of methoxy groups -OCH3 is 1. The van der Waals surface area contributed by atoms with Gasteiger partial charge < -0.3 is 15.4 Å². The molecule has 3 rings (SSSR count). The highest BCUT2D eigenvalue weighted by molar-refractivity contribution is 5.90. The molecule has 0 aliphatic carbocycles. The number of nitrogens with one attached hydrogen (secondary N) is 2. The molecule has 2 aromatic carbocycles. The van der Waals surface area contributed by atoms with Crippen LogP contribution in [0.2, 0.25) is 0 Å². The van der Waals surface area contributed by atoms with Gasteiger partial charge in [0.2, 0.25) is 0 Å². The lowest BCUT2D eigenvalue weighted by atomic mass is 9.98. The van der Waals surface area contributed by atoms with E-state index in [0.29, 0.717) is 5.75 Å². The molecule has 0 saturated heterocycles. The van der Waals surface area contributed by atoms with Crippen molar-refractivity contribution >= 4 is 11.7 Å². The number of ether oxygens (including phenoxy) is 1. The summed E-state index contributed by atoms with van der Waals surface area (Å²) in [7, 11) is 1.42. The molecule has 174 valence electrons. The lowest BCUT2D eigenvalue weighted by molar-refractivity contribution is -0.139. The smallest absolute Gasteiger partial charge is 0.418 e. The molecular weight excluding hydrogens is 452 g/mol. The summed E-state index contributed by atoms with van der Waals surface area (Å²) in [6, 6.07) is 9.12. The summed E-state index contributed by atoms with van der Waals surface area (Å²) in [4.78, 5) is 16.4.